The van der Waals surface area contributed by atoms with Gasteiger partial charge < -0.3 is 5.32 Å². The van der Waals surface area contributed by atoms with Crippen molar-refractivity contribution in [1.82, 2.24) is 10.2 Å². The highest BCUT2D eigenvalue weighted by Gasteiger charge is 2.04. The van der Waals surface area contributed by atoms with Crippen molar-refractivity contribution in [2.75, 3.05) is 5.32 Å². The number of aromatic amines is 1. The molecule has 1 heterocycles. The first-order valence-electron chi connectivity index (χ1n) is 5.64. The Morgan fingerprint density at radius 2 is 2.11 bits per heavy atom. The Hall–Kier alpha value is -2.43. The lowest BCUT2D eigenvalue weighted by Gasteiger charge is -2.03. The summed E-state index contributed by atoms with van der Waals surface area (Å²) in [7, 11) is 0. The van der Waals surface area contributed by atoms with Gasteiger partial charge in [-0.3, -0.25) is 14.7 Å². The highest BCUT2D eigenvalue weighted by Crippen LogP contribution is 2.19. The van der Waals surface area contributed by atoms with Crippen LogP contribution in [0.2, 0.25) is 0 Å². The number of amides is 1. The van der Waals surface area contributed by atoms with Gasteiger partial charge in [0.1, 0.15) is 0 Å². The number of aldehydes is 1. The van der Waals surface area contributed by atoms with Crippen molar-refractivity contribution in [1.29, 1.82) is 0 Å². The van der Waals surface area contributed by atoms with Crippen LogP contribution >= 0.6 is 0 Å². The fourth-order valence-corrected chi connectivity index (χ4v) is 1.52. The summed E-state index contributed by atoms with van der Waals surface area (Å²) in [6.07, 6.45) is 1.16. The van der Waals surface area contributed by atoms with E-state index in [9.17, 15) is 9.59 Å². The van der Waals surface area contributed by atoms with Crippen LogP contribution in [0.25, 0.3) is 11.3 Å². The molecule has 0 unspecified atom stereocenters. The first-order chi connectivity index (χ1) is 8.72. The van der Waals surface area contributed by atoms with Crippen LogP contribution < -0.4 is 5.32 Å². The molecular weight excluding hydrogens is 230 g/mol. The van der Waals surface area contributed by atoms with Gasteiger partial charge in [0.2, 0.25) is 5.91 Å². The fourth-order valence-electron chi connectivity index (χ4n) is 1.52. The lowest BCUT2D eigenvalue weighted by atomic mass is 10.1. The summed E-state index contributed by atoms with van der Waals surface area (Å²) in [5.41, 5.74) is 2.77. The van der Waals surface area contributed by atoms with Crippen molar-refractivity contribution in [3.63, 3.8) is 0 Å². The van der Waals surface area contributed by atoms with E-state index in [1.54, 1.807) is 25.1 Å². The predicted molar refractivity (Wildman–Crippen MR) is 68.3 cm³/mol. The van der Waals surface area contributed by atoms with Crippen LogP contribution in [0.5, 0.6) is 0 Å². The second-order valence-corrected chi connectivity index (χ2v) is 3.81. The average Bonchev–Trinajstić information content (AvgIpc) is 2.88. The number of hydrogen-bond donors (Lipinski definition) is 2. The number of nitrogens with zero attached hydrogens (tertiary/aromatic N) is 1. The van der Waals surface area contributed by atoms with Crippen molar-refractivity contribution in [2.24, 2.45) is 0 Å². The Balaban J connectivity index is 2.16. The van der Waals surface area contributed by atoms with Crippen LogP contribution in [-0.4, -0.2) is 22.4 Å². The summed E-state index contributed by atoms with van der Waals surface area (Å²) < 4.78 is 0. The van der Waals surface area contributed by atoms with Crippen molar-refractivity contribution >= 4 is 17.9 Å². The number of H-pyrrole nitrogens is 1. The summed E-state index contributed by atoms with van der Waals surface area (Å²) >= 11 is 0. The van der Waals surface area contributed by atoms with E-state index in [0.717, 1.165) is 11.3 Å². The molecule has 0 fully saturated rings. The molecule has 0 aliphatic rings. The van der Waals surface area contributed by atoms with E-state index in [2.05, 4.69) is 15.5 Å². The molecule has 1 amide bonds. The fraction of sp³-hybridized carbons (Fsp3) is 0.154. The van der Waals surface area contributed by atoms with Gasteiger partial charge in [-0.15, -0.1) is 0 Å². The third-order valence-electron chi connectivity index (χ3n) is 2.51. The molecule has 0 aliphatic heterocycles. The second-order valence-electron chi connectivity index (χ2n) is 3.81. The van der Waals surface area contributed by atoms with E-state index >= 15 is 0 Å². The molecule has 92 valence electrons. The SMILES string of the molecule is CCC(=O)Nc1ccc(-c2cc(C=O)[nH]n2)cc1. The van der Waals surface area contributed by atoms with E-state index in [1.807, 2.05) is 12.1 Å². The molecule has 5 heteroatoms. The van der Waals surface area contributed by atoms with E-state index in [-0.39, 0.29) is 5.91 Å². The minimum absolute atomic E-state index is 0.0224. The molecule has 2 rings (SSSR count). The van der Waals surface area contributed by atoms with Gasteiger partial charge in [-0.25, -0.2) is 0 Å². The number of carbonyl (C=O) groups is 2. The Kier molecular flexibility index (Phi) is 3.52. The standard InChI is InChI=1S/C13H13N3O2/c1-2-13(18)14-10-5-3-9(4-6-10)12-7-11(8-17)15-16-12/h3-8H,2H2,1H3,(H,14,18)(H,15,16). The van der Waals surface area contributed by atoms with Crippen LogP contribution in [0.1, 0.15) is 23.8 Å². The molecule has 2 aromatic rings. The number of benzene rings is 1. The normalized spacial score (nSPS) is 10.1. The smallest absolute Gasteiger partial charge is 0.224 e. The molecule has 0 saturated heterocycles. The zero-order chi connectivity index (χ0) is 13.0. The van der Waals surface area contributed by atoms with Gasteiger partial charge in [-0.05, 0) is 18.2 Å². The number of anilines is 1. The maximum Gasteiger partial charge on any atom is 0.224 e. The van der Waals surface area contributed by atoms with Crippen LogP contribution in [0.3, 0.4) is 0 Å². The zero-order valence-electron chi connectivity index (χ0n) is 9.93. The molecule has 5 nitrogen and oxygen atoms in total. The van der Waals surface area contributed by atoms with Gasteiger partial charge in [0, 0.05) is 17.7 Å². The molecule has 0 saturated carbocycles. The monoisotopic (exact) mass is 243 g/mol. The number of carbonyl (C=O) groups excluding carboxylic acids is 2. The molecule has 0 spiro atoms. The number of hydrogen-bond acceptors (Lipinski definition) is 3. The van der Waals surface area contributed by atoms with Gasteiger partial charge >= 0.3 is 0 Å². The minimum Gasteiger partial charge on any atom is -0.326 e. The Labute approximate surface area is 104 Å². The van der Waals surface area contributed by atoms with Gasteiger partial charge in [-0.1, -0.05) is 19.1 Å². The molecule has 1 aromatic heterocycles. The van der Waals surface area contributed by atoms with Crippen molar-refractivity contribution < 1.29 is 9.59 Å². The van der Waals surface area contributed by atoms with E-state index in [1.165, 1.54) is 0 Å². The second kappa shape index (κ2) is 5.27. The first-order valence-corrected chi connectivity index (χ1v) is 5.64. The maximum absolute atomic E-state index is 11.2. The summed E-state index contributed by atoms with van der Waals surface area (Å²) in [6, 6.07) is 8.97. The molecular formula is C13H13N3O2. The predicted octanol–water partition coefficient (Wildman–Crippen LogP) is 2.24. The van der Waals surface area contributed by atoms with Crippen molar-refractivity contribution in [3.8, 4) is 11.3 Å². The topological polar surface area (TPSA) is 74.8 Å². The molecule has 1 aromatic carbocycles. The van der Waals surface area contributed by atoms with Gasteiger partial charge in [0.15, 0.2) is 6.29 Å². The summed E-state index contributed by atoms with van der Waals surface area (Å²) in [4.78, 5) is 21.8. The van der Waals surface area contributed by atoms with Crippen LogP contribution in [0.15, 0.2) is 30.3 Å². The maximum atomic E-state index is 11.2. The third-order valence-corrected chi connectivity index (χ3v) is 2.51. The lowest BCUT2D eigenvalue weighted by molar-refractivity contribution is -0.115. The summed E-state index contributed by atoms with van der Waals surface area (Å²) in [6.45, 7) is 1.80. The molecule has 0 radical (unpaired) electrons. The first kappa shape index (κ1) is 12.0. The minimum atomic E-state index is -0.0224. The van der Waals surface area contributed by atoms with E-state index < -0.39 is 0 Å². The largest absolute Gasteiger partial charge is 0.326 e. The lowest BCUT2D eigenvalue weighted by Crippen LogP contribution is -2.08. The number of nitrogens with one attached hydrogen (secondary N) is 2. The number of aromatic nitrogens is 2. The number of rotatable bonds is 4. The Morgan fingerprint density at radius 3 is 2.67 bits per heavy atom. The Morgan fingerprint density at radius 1 is 1.39 bits per heavy atom. The highest BCUT2D eigenvalue weighted by molar-refractivity contribution is 5.90. The van der Waals surface area contributed by atoms with Crippen molar-refractivity contribution in [2.45, 2.75) is 13.3 Å². The van der Waals surface area contributed by atoms with Crippen molar-refractivity contribution in [3.05, 3.63) is 36.0 Å². The quantitative estimate of drug-likeness (QED) is 0.808. The molecule has 18 heavy (non-hydrogen) atoms. The third kappa shape index (κ3) is 2.63. The van der Waals surface area contributed by atoms with E-state index in [0.29, 0.717) is 24.1 Å². The van der Waals surface area contributed by atoms with Crippen LogP contribution in [0, 0.1) is 0 Å². The Bertz CT molecular complexity index is 558. The zero-order valence-corrected chi connectivity index (χ0v) is 9.93. The van der Waals surface area contributed by atoms with E-state index in [4.69, 9.17) is 0 Å². The van der Waals surface area contributed by atoms with Crippen LogP contribution in [-0.2, 0) is 4.79 Å². The van der Waals surface area contributed by atoms with Gasteiger partial charge in [0.05, 0.1) is 11.4 Å². The molecule has 0 bridgehead atoms. The van der Waals surface area contributed by atoms with Gasteiger partial charge in [-0.2, -0.15) is 5.10 Å². The molecule has 0 aliphatic carbocycles. The van der Waals surface area contributed by atoms with Crippen LogP contribution in [0.4, 0.5) is 5.69 Å². The molecule has 0 atom stereocenters. The summed E-state index contributed by atoms with van der Waals surface area (Å²) in [5, 5.41) is 9.41. The van der Waals surface area contributed by atoms with Gasteiger partial charge in [0.25, 0.3) is 0 Å². The molecule has 2 N–H and O–H groups in total. The average molecular weight is 243 g/mol. The highest BCUT2D eigenvalue weighted by atomic mass is 16.1. The summed E-state index contributed by atoms with van der Waals surface area (Å²) in [5.74, 6) is -0.0224.